The topological polar surface area (TPSA) is 324 Å². The molecule has 3 aromatic rings. The van der Waals surface area contributed by atoms with Crippen LogP contribution in [0.15, 0.2) is 16.9 Å². The van der Waals surface area contributed by atoms with E-state index in [1.807, 2.05) is 0 Å². The van der Waals surface area contributed by atoms with E-state index in [1.54, 1.807) is 19.9 Å². The van der Waals surface area contributed by atoms with Crippen LogP contribution in [0.1, 0.15) is 111 Å². The van der Waals surface area contributed by atoms with E-state index in [0.717, 1.165) is 33.4 Å². The second-order valence-corrected chi connectivity index (χ2v) is 19.6. The van der Waals surface area contributed by atoms with Crippen molar-refractivity contribution in [1.82, 2.24) is 35.5 Å². The number of hydrogen-bond donors (Lipinski definition) is 4. The molecule has 0 saturated carbocycles. The van der Waals surface area contributed by atoms with Crippen LogP contribution in [0.5, 0.6) is 0 Å². The lowest BCUT2D eigenvalue weighted by molar-refractivity contribution is -0.197. The van der Waals surface area contributed by atoms with Crippen LogP contribution >= 0.6 is 0 Å². The van der Waals surface area contributed by atoms with Crippen molar-refractivity contribution in [2.45, 2.75) is 128 Å². The molecule has 8 rings (SSSR count). The summed E-state index contributed by atoms with van der Waals surface area (Å²) in [5.41, 5.74) is 2.21. The van der Waals surface area contributed by atoms with E-state index in [0.29, 0.717) is 46.8 Å². The van der Waals surface area contributed by atoms with E-state index in [1.165, 1.54) is 10.6 Å². The number of carbonyl (C=O) groups is 10. The van der Waals surface area contributed by atoms with Gasteiger partial charge in [-0.3, -0.25) is 43.2 Å². The number of halogens is 1. The Bertz CT molecular complexity index is 3020. The summed E-state index contributed by atoms with van der Waals surface area (Å²) >= 11 is 0. The van der Waals surface area contributed by atoms with E-state index in [-0.39, 0.29) is 140 Å². The lowest BCUT2D eigenvalue weighted by Crippen LogP contribution is -2.54. The maximum Gasteiger partial charge on any atom is 0.355 e. The largest absolute Gasteiger partial charge is 0.481 e. The van der Waals surface area contributed by atoms with Crippen molar-refractivity contribution in [2.75, 3.05) is 59.3 Å². The lowest BCUT2D eigenvalue weighted by Gasteiger charge is -2.35. The standard InChI is InChI=1S/C53H62FN7O18/c1-3-53(34-23-39-48-32(27-60(39)50(71)33(34)28-77-52(53)73)31-8-4-7-30-29(2)35(54)24-36(58-48)47(30)31)78-46(69)26-56-49(70)38-9-6-16-59(38)51(72)37(25-44(66)67)57-41(63)14-17-74-19-21-76-22-20-75-18-15-55-40(62)10-5-11-45(68)79-61-42(64)12-13-43(61)65/h23-24,37-38H,3-22,25-28H2,1-2H3,(H,55,62)(H,56,70)(H,57,63)(H,66,67)/t37-,38-,53-/m0/s1. The number of cyclic esters (lactones) is 1. The number of aromatic nitrogens is 2. The highest BCUT2D eigenvalue weighted by molar-refractivity contribution is 6.02. The maximum absolute atomic E-state index is 15.1. The number of carboxylic acid groups (broad SMARTS) is 1. The van der Waals surface area contributed by atoms with Crippen molar-refractivity contribution >= 4 is 70.2 Å². The third-order valence-electron chi connectivity index (χ3n) is 14.6. The number of hydroxylamine groups is 2. The summed E-state index contributed by atoms with van der Waals surface area (Å²) in [5.74, 6) is -8.35. The molecule has 3 atom stereocenters. The molecule has 0 radical (unpaired) electrons. The van der Waals surface area contributed by atoms with Gasteiger partial charge in [0.15, 0.2) is 0 Å². The number of rotatable bonds is 26. The molecule has 1 aromatic carbocycles. The molecule has 5 aliphatic rings. The van der Waals surface area contributed by atoms with Crippen LogP contribution in [-0.4, -0.2) is 155 Å². The zero-order chi connectivity index (χ0) is 56.5. The molecule has 424 valence electrons. The van der Waals surface area contributed by atoms with E-state index < -0.39 is 89.6 Å². The Morgan fingerprint density at radius 2 is 1.54 bits per heavy atom. The molecule has 0 spiro atoms. The maximum atomic E-state index is 15.1. The van der Waals surface area contributed by atoms with Gasteiger partial charge in [0.1, 0.15) is 31.1 Å². The average molecular weight is 1100 g/mol. The van der Waals surface area contributed by atoms with Crippen molar-refractivity contribution in [1.29, 1.82) is 0 Å². The van der Waals surface area contributed by atoms with Crippen molar-refractivity contribution in [3.05, 3.63) is 61.7 Å². The Balaban J connectivity index is 0.756. The fraction of sp³-hybridized carbons (Fsp3) is 0.547. The minimum Gasteiger partial charge on any atom is -0.481 e. The Labute approximate surface area is 451 Å². The van der Waals surface area contributed by atoms with Gasteiger partial charge < -0.3 is 59.0 Å². The predicted molar refractivity (Wildman–Crippen MR) is 268 cm³/mol. The molecule has 25 nitrogen and oxygen atoms in total. The number of ether oxygens (including phenoxy) is 5. The normalized spacial score (nSPS) is 18.4. The molecular formula is C53H62FN7O18. The molecule has 26 heteroatoms. The molecule has 4 N–H and O–H groups in total. The van der Waals surface area contributed by atoms with Crippen LogP contribution in [0.25, 0.3) is 22.3 Å². The zero-order valence-corrected chi connectivity index (χ0v) is 43.8. The van der Waals surface area contributed by atoms with Gasteiger partial charge in [-0.05, 0) is 74.6 Å². The van der Waals surface area contributed by atoms with Crippen LogP contribution in [-0.2, 0) is 108 Å². The highest BCUT2D eigenvalue weighted by atomic mass is 19.1. The van der Waals surface area contributed by atoms with Crippen molar-refractivity contribution in [3.8, 4) is 11.4 Å². The summed E-state index contributed by atoms with van der Waals surface area (Å²) < 4.78 is 44.3. The van der Waals surface area contributed by atoms with E-state index >= 15 is 4.39 Å². The number of amides is 6. The van der Waals surface area contributed by atoms with Crippen LogP contribution in [0.2, 0.25) is 0 Å². The number of hydrogen-bond acceptors (Lipinski definition) is 18. The number of likely N-dealkylation sites (tertiary alicyclic amines) is 1. The summed E-state index contributed by atoms with van der Waals surface area (Å²) in [6, 6.07) is 0.293. The van der Waals surface area contributed by atoms with Gasteiger partial charge in [0.25, 0.3) is 17.4 Å². The molecule has 79 heavy (non-hydrogen) atoms. The fourth-order valence-electron chi connectivity index (χ4n) is 10.6. The number of imide groups is 1. The fourth-order valence-corrected chi connectivity index (χ4v) is 10.6. The average Bonchev–Trinajstić information content (AvgIpc) is 3.26. The Hall–Kier alpha value is -7.71. The minimum absolute atomic E-state index is 0.0159. The molecular weight excluding hydrogens is 1040 g/mol. The third-order valence-corrected chi connectivity index (χ3v) is 14.6. The molecule has 0 bridgehead atoms. The molecule has 1 aliphatic carbocycles. The lowest BCUT2D eigenvalue weighted by atomic mass is 9.84. The van der Waals surface area contributed by atoms with Gasteiger partial charge in [-0.25, -0.2) is 19.0 Å². The first kappa shape index (κ1) is 57.5. The first-order valence-corrected chi connectivity index (χ1v) is 26.4. The third kappa shape index (κ3) is 12.8. The highest BCUT2D eigenvalue weighted by Gasteiger charge is 2.51. The van der Waals surface area contributed by atoms with E-state index in [2.05, 4.69) is 16.0 Å². The second-order valence-electron chi connectivity index (χ2n) is 19.6. The smallest absolute Gasteiger partial charge is 0.355 e. The van der Waals surface area contributed by atoms with Gasteiger partial charge in [-0.1, -0.05) is 6.92 Å². The Morgan fingerprint density at radius 1 is 0.835 bits per heavy atom. The molecule has 6 heterocycles. The number of pyridine rings is 2. The number of aryl methyl sites for hydroxylation is 2. The number of carbonyl (C=O) groups excluding carboxylic acids is 9. The number of nitrogens with zero attached hydrogens (tertiary/aromatic N) is 4. The summed E-state index contributed by atoms with van der Waals surface area (Å²) in [5, 5.41) is 18.5. The molecule has 2 aromatic heterocycles. The Morgan fingerprint density at radius 3 is 2.27 bits per heavy atom. The molecule has 0 unspecified atom stereocenters. The summed E-state index contributed by atoms with van der Waals surface area (Å²) in [7, 11) is 0. The van der Waals surface area contributed by atoms with Crippen molar-refractivity contribution in [2.24, 2.45) is 0 Å². The van der Waals surface area contributed by atoms with Gasteiger partial charge in [-0.15, -0.1) is 5.06 Å². The predicted octanol–water partition coefficient (Wildman–Crippen LogP) is 0.967. The van der Waals surface area contributed by atoms with Crippen LogP contribution in [0.4, 0.5) is 4.39 Å². The van der Waals surface area contributed by atoms with E-state index in [9.17, 15) is 57.8 Å². The first-order valence-electron chi connectivity index (χ1n) is 26.4. The Kier molecular flexibility index (Phi) is 18.5. The quantitative estimate of drug-likeness (QED) is 0.0387. The molecule has 2 saturated heterocycles. The van der Waals surface area contributed by atoms with Gasteiger partial charge in [0.2, 0.25) is 29.2 Å². The number of fused-ring (bicyclic) bond motifs is 5. The van der Waals surface area contributed by atoms with Crippen molar-refractivity contribution < 1.29 is 86.0 Å². The molecule has 2 fully saturated rings. The van der Waals surface area contributed by atoms with Gasteiger partial charge in [0, 0.05) is 67.8 Å². The summed E-state index contributed by atoms with van der Waals surface area (Å²) in [6.45, 7) is 3.31. The number of carboxylic acids is 1. The molecule has 6 amide bonds. The highest BCUT2D eigenvalue weighted by Crippen LogP contribution is 2.44. The SMILES string of the molecule is CC[C@@]1(OC(=O)CNC(=O)[C@@H]2CCCN2C(=O)[C@H](CC(=O)O)NC(=O)CCOCCOCCOCCNC(=O)CCCC(=O)ON2C(=O)CCC2=O)C(=O)OCc2c1cc1n(c2=O)Cc2c-1nc1cc(F)c(C)c3c1c2CCC3. The number of benzene rings is 1. The second kappa shape index (κ2) is 25.4. The van der Waals surface area contributed by atoms with Crippen LogP contribution in [0.3, 0.4) is 0 Å². The van der Waals surface area contributed by atoms with Crippen LogP contribution in [0, 0.1) is 12.7 Å². The minimum atomic E-state index is -2.09. The van der Waals surface area contributed by atoms with E-state index in [4.69, 9.17) is 33.5 Å². The molecule has 4 aliphatic heterocycles. The van der Waals surface area contributed by atoms with Crippen molar-refractivity contribution in [3.63, 3.8) is 0 Å². The number of esters is 2. The monoisotopic (exact) mass is 1100 g/mol. The van der Waals surface area contributed by atoms with Gasteiger partial charge >= 0.3 is 23.9 Å². The first-order chi connectivity index (χ1) is 37.9. The number of aliphatic carboxylic acids is 1. The van der Waals surface area contributed by atoms with Gasteiger partial charge in [0.05, 0.1) is 75.1 Å². The van der Waals surface area contributed by atoms with Crippen LogP contribution < -0.4 is 21.5 Å². The van der Waals surface area contributed by atoms with Gasteiger partial charge in [-0.2, -0.15) is 0 Å². The number of nitrogens with one attached hydrogen (secondary N) is 3. The zero-order valence-electron chi connectivity index (χ0n) is 43.8. The summed E-state index contributed by atoms with van der Waals surface area (Å²) in [4.78, 5) is 151. The summed E-state index contributed by atoms with van der Waals surface area (Å²) in [6.07, 6.45) is 1.48.